The Morgan fingerprint density at radius 2 is 1.74 bits per heavy atom. The van der Waals surface area contributed by atoms with Crippen LogP contribution in [-0.4, -0.2) is 41.1 Å². The number of amides is 1. The summed E-state index contributed by atoms with van der Waals surface area (Å²) in [6.45, 7) is 2.27. The Labute approximate surface area is 138 Å². The predicted molar refractivity (Wildman–Crippen MR) is 91.4 cm³/mol. The van der Waals surface area contributed by atoms with Crippen molar-refractivity contribution in [1.82, 2.24) is 10.2 Å². The van der Waals surface area contributed by atoms with Gasteiger partial charge in [-0.15, -0.1) is 0 Å². The quantitative estimate of drug-likeness (QED) is 0.878. The fraction of sp³-hybridized carbons (Fsp3) is 0.632. The molecule has 0 atom stereocenters. The van der Waals surface area contributed by atoms with E-state index < -0.39 is 0 Å². The number of nitrogens with one attached hydrogen (secondary N) is 1. The van der Waals surface area contributed by atoms with Crippen LogP contribution in [0.3, 0.4) is 0 Å². The minimum atomic E-state index is 0.150. The first-order valence-corrected chi connectivity index (χ1v) is 9.02. The molecule has 2 aliphatic rings. The average molecular weight is 316 g/mol. The van der Waals surface area contributed by atoms with E-state index in [-0.39, 0.29) is 11.7 Å². The van der Waals surface area contributed by atoms with E-state index in [2.05, 4.69) is 10.2 Å². The van der Waals surface area contributed by atoms with Gasteiger partial charge in [0.15, 0.2) is 0 Å². The second kappa shape index (κ2) is 7.82. The van der Waals surface area contributed by atoms with Crippen molar-refractivity contribution in [2.45, 2.75) is 63.5 Å². The number of likely N-dealkylation sites (tertiary alicyclic amines) is 1. The smallest absolute Gasteiger partial charge is 0.220 e. The number of piperidine rings is 1. The maximum absolute atomic E-state index is 12.1. The van der Waals surface area contributed by atoms with Gasteiger partial charge in [0, 0.05) is 31.6 Å². The molecule has 4 nitrogen and oxygen atoms in total. The van der Waals surface area contributed by atoms with Gasteiger partial charge in [0.2, 0.25) is 5.91 Å². The normalized spacial score (nSPS) is 20.7. The fourth-order valence-corrected chi connectivity index (χ4v) is 3.90. The Hall–Kier alpha value is -1.55. The summed E-state index contributed by atoms with van der Waals surface area (Å²) in [6.07, 6.45) is 8.92. The minimum Gasteiger partial charge on any atom is -0.508 e. The largest absolute Gasteiger partial charge is 0.508 e. The second-order valence-electron chi connectivity index (χ2n) is 6.98. The Balaban J connectivity index is 1.36. The molecule has 23 heavy (non-hydrogen) atoms. The van der Waals surface area contributed by atoms with Crippen molar-refractivity contribution in [3.63, 3.8) is 0 Å². The first kappa shape index (κ1) is 16.3. The number of hydrogen-bond donors (Lipinski definition) is 2. The summed E-state index contributed by atoms with van der Waals surface area (Å²) in [4.78, 5) is 14.7. The molecule has 0 aromatic heterocycles. The third-order valence-corrected chi connectivity index (χ3v) is 5.31. The molecule has 2 fully saturated rings. The Morgan fingerprint density at radius 1 is 1.09 bits per heavy atom. The third-order valence-electron chi connectivity index (χ3n) is 5.31. The summed E-state index contributed by atoms with van der Waals surface area (Å²) >= 11 is 0. The van der Waals surface area contributed by atoms with Gasteiger partial charge >= 0.3 is 0 Å². The molecule has 126 valence electrons. The van der Waals surface area contributed by atoms with E-state index in [1.54, 1.807) is 12.1 Å². The summed E-state index contributed by atoms with van der Waals surface area (Å²) in [5, 5.41) is 12.5. The highest BCUT2D eigenvalue weighted by atomic mass is 16.3. The lowest BCUT2D eigenvalue weighted by Crippen LogP contribution is -2.47. The summed E-state index contributed by atoms with van der Waals surface area (Å²) in [5.74, 6) is 0.421. The average Bonchev–Trinajstić information content (AvgIpc) is 3.09. The van der Waals surface area contributed by atoms with Crippen molar-refractivity contribution >= 4 is 5.91 Å². The molecule has 0 unspecified atom stereocenters. The summed E-state index contributed by atoms with van der Waals surface area (Å²) < 4.78 is 0. The van der Waals surface area contributed by atoms with E-state index in [4.69, 9.17) is 0 Å². The van der Waals surface area contributed by atoms with Crippen LogP contribution in [-0.2, 0) is 11.2 Å². The van der Waals surface area contributed by atoms with Crippen LogP contribution in [0.15, 0.2) is 24.3 Å². The minimum absolute atomic E-state index is 0.150. The molecule has 1 heterocycles. The maximum atomic E-state index is 12.1. The van der Waals surface area contributed by atoms with E-state index in [0.717, 1.165) is 44.0 Å². The van der Waals surface area contributed by atoms with Crippen LogP contribution in [0.5, 0.6) is 5.75 Å². The van der Waals surface area contributed by atoms with Gasteiger partial charge in [-0.3, -0.25) is 4.79 Å². The molecule has 0 spiro atoms. The van der Waals surface area contributed by atoms with Crippen LogP contribution in [0.4, 0.5) is 0 Å². The van der Waals surface area contributed by atoms with Crippen LogP contribution >= 0.6 is 0 Å². The molecule has 4 heteroatoms. The first-order chi connectivity index (χ1) is 11.2. The van der Waals surface area contributed by atoms with Gasteiger partial charge in [0.1, 0.15) is 5.75 Å². The van der Waals surface area contributed by atoms with E-state index in [0.29, 0.717) is 12.5 Å². The van der Waals surface area contributed by atoms with Gasteiger partial charge < -0.3 is 15.3 Å². The number of carbonyl (C=O) groups is 1. The number of rotatable bonds is 5. The van der Waals surface area contributed by atoms with Crippen LogP contribution in [0.25, 0.3) is 0 Å². The summed E-state index contributed by atoms with van der Waals surface area (Å²) in [6, 6.07) is 8.25. The molecule has 1 saturated heterocycles. The van der Waals surface area contributed by atoms with Gasteiger partial charge in [-0.2, -0.15) is 0 Å². The molecule has 1 saturated carbocycles. The zero-order valence-corrected chi connectivity index (χ0v) is 13.8. The van der Waals surface area contributed by atoms with E-state index in [9.17, 15) is 9.90 Å². The molecule has 1 aromatic carbocycles. The van der Waals surface area contributed by atoms with Gasteiger partial charge in [-0.05, 0) is 49.8 Å². The summed E-state index contributed by atoms with van der Waals surface area (Å²) in [5.41, 5.74) is 1.09. The lowest BCUT2D eigenvalue weighted by atomic mass is 10.0. The molecule has 0 bridgehead atoms. The molecule has 0 radical (unpaired) electrons. The van der Waals surface area contributed by atoms with Crippen LogP contribution < -0.4 is 5.32 Å². The molecular formula is C19H28N2O2. The number of phenols is 1. The maximum Gasteiger partial charge on any atom is 0.220 e. The monoisotopic (exact) mass is 316 g/mol. The van der Waals surface area contributed by atoms with Crippen LogP contribution in [0, 0.1) is 0 Å². The number of carbonyl (C=O) groups excluding carboxylic acids is 1. The highest BCUT2D eigenvalue weighted by molar-refractivity contribution is 5.76. The lowest BCUT2D eigenvalue weighted by molar-refractivity contribution is -0.122. The van der Waals surface area contributed by atoms with Gasteiger partial charge in [0.25, 0.3) is 0 Å². The number of aromatic hydroxyl groups is 1. The van der Waals surface area contributed by atoms with Crippen molar-refractivity contribution in [1.29, 1.82) is 0 Å². The van der Waals surface area contributed by atoms with Crippen LogP contribution in [0.2, 0.25) is 0 Å². The first-order valence-electron chi connectivity index (χ1n) is 9.02. The number of phenolic OH excluding ortho intramolecular Hbond substituents is 1. The van der Waals surface area contributed by atoms with Gasteiger partial charge in [0.05, 0.1) is 0 Å². The molecule has 3 rings (SSSR count). The summed E-state index contributed by atoms with van der Waals surface area (Å²) in [7, 11) is 0. The molecule has 1 aromatic rings. The number of benzene rings is 1. The van der Waals surface area contributed by atoms with Gasteiger partial charge in [-0.1, -0.05) is 25.0 Å². The standard InChI is InChI=1S/C19H28N2O2/c22-18-8-5-15(6-9-18)7-10-19(23)20-16-11-13-21(14-12-16)17-3-1-2-4-17/h5-6,8-9,16-17,22H,1-4,7,10-14H2,(H,20,23). The Kier molecular flexibility index (Phi) is 5.55. The van der Waals surface area contributed by atoms with Crippen molar-refractivity contribution in [3.8, 4) is 5.75 Å². The van der Waals surface area contributed by atoms with Crippen molar-refractivity contribution in [3.05, 3.63) is 29.8 Å². The fourth-order valence-electron chi connectivity index (χ4n) is 3.90. The van der Waals surface area contributed by atoms with E-state index in [1.807, 2.05) is 12.1 Å². The molecular weight excluding hydrogens is 288 g/mol. The lowest BCUT2D eigenvalue weighted by Gasteiger charge is -2.36. The molecule has 1 aliphatic heterocycles. The Morgan fingerprint density at radius 3 is 2.39 bits per heavy atom. The number of hydrogen-bond acceptors (Lipinski definition) is 3. The second-order valence-corrected chi connectivity index (χ2v) is 6.98. The van der Waals surface area contributed by atoms with Crippen molar-refractivity contribution < 1.29 is 9.90 Å². The SMILES string of the molecule is O=C(CCc1ccc(O)cc1)NC1CCN(C2CCCC2)CC1. The van der Waals surface area contributed by atoms with E-state index >= 15 is 0 Å². The molecule has 1 amide bonds. The van der Waals surface area contributed by atoms with Gasteiger partial charge in [-0.25, -0.2) is 0 Å². The van der Waals surface area contributed by atoms with E-state index in [1.165, 1.54) is 25.7 Å². The van der Waals surface area contributed by atoms with Crippen LogP contribution in [0.1, 0.15) is 50.5 Å². The van der Waals surface area contributed by atoms with Crippen molar-refractivity contribution in [2.75, 3.05) is 13.1 Å². The predicted octanol–water partition coefficient (Wildman–Crippen LogP) is 2.85. The molecule has 1 aliphatic carbocycles. The highest BCUT2D eigenvalue weighted by Gasteiger charge is 2.27. The zero-order valence-electron chi connectivity index (χ0n) is 13.8. The molecule has 2 N–H and O–H groups in total. The Bertz CT molecular complexity index is 501. The van der Waals surface area contributed by atoms with Crippen molar-refractivity contribution in [2.24, 2.45) is 0 Å². The number of aryl methyl sites for hydroxylation is 1. The topological polar surface area (TPSA) is 52.6 Å². The zero-order chi connectivity index (χ0) is 16.1. The highest BCUT2D eigenvalue weighted by Crippen LogP contribution is 2.26. The number of nitrogens with zero attached hydrogens (tertiary/aromatic N) is 1. The third kappa shape index (κ3) is 4.71.